The van der Waals surface area contributed by atoms with Gasteiger partial charge in [0.05, 0.1) is 13.2 Å². The van der Waals surface area contributed by atoms with Crippen molar-refractivity contribution in [3.63, 3.8) is 0 Å². The van der Waals surface area contributed by atoms with Crippen LogP contribution in [0, 0.1) is 0 Å². The van der Waals surface area contributed by atoms with Crippen molar-refractivity contribution in [2.45, 2.75) is 32.1 Å². The maximum atomic E-state index is 11.3. The second-order valence-corrected chi connectivity index (χ2v) is 3.99. The molecule has 0 aliphatic heterocycles. The van der Waals surface area contributed by atoms with E-state index in [-0.39, 0.29) is 24.8 Å². The molecule has 6 nitrogen and oxygen atoms in total. The van der Waals surface area contributed by atoms with E-state index in [1.54, 1.807) is 14.2 Å². The van der Waals surface area contributed by atoms with E-state index in [0.717, 1.165) is 0 Å². The van der Waals surface area contributed by atoms with Crippen LogP contribution in [0.4, 0.5) is 0 Å². The molecule has 0 amide bonds. The maximum Gasteiger partial charge on any atom is 0.305 e. The minimum atomic E-state index is -0.289. The fraction of sp³-hybridized carbons (Fsp3) is 0.846. The predicted molar refractivity (Wildman–Crippen MR) is 68.8 cm³/mol. The minimum absolute atomic E-state index is 0.236. The second-order valence-electron chi connectivity index (χ2n) is 3.99. The van der Waals surface area contributed by atoms with Gasteiger partial charge >= 0.3 is 11.9 Å². The molecule has 0 heterocycles. The SMILES string of the molecule is COCCCOC(=O)CCCC(=O)OCCCOC. The summed E-state index contributed by atoms with van der Waals surface area (Å²) in [5.41, 5.74) is 0. The van der Waals surface area contributed by atoms with Gasteiger partial charge in [0, 0.05) is 53.1 Å². The highest BCUT2D eigenvalue weighted by molar-refractivity contribution is 5.72. The van der Waals surface area contributed by atoms with Gasteiger partial charge in [0.1, 0.15) is 0 Å². The van der Waals surface area contributed by atoms with Crippen molar-refractivity contribution in [1.29, 1.82) is 0 Å². The Kier molecular flexibility index (Phi) is 12.5. The summed E-state index contributed by atoms with van der Waals surface area (Å²) in [5, 5.41) is 0. The fourth-order valence-corrected chi connectivity index (χ4v) is 1.30. The van der Waals surface area contributed by atoms with Crippen LogP contribution in [-0.4, -0.2) is 52.6 Å². The molecule has 112 valence electrons. The van der Waals surface area contributed by atoms with E-state index in [1.165, 1.54) is 0 Å². The summed E-state index contributed by atoms with van der Waals surface area (Å²) < 4.78 is 19.6. The number of methoxy groups -OCH3 is 2. The zero-order chi connectivity index (χ0) is 14.3. The molecule has 0 rings (SSSR count). The first-order chi connectivity index (χ1) is 9.20. The van der Waals surface area contributed by atoms with Gasteiger partial charge in [-0.3, -0.25) is 9.59 Å². The first-order valence-electron chi connectivity index (χ1n) is 6.49. The lowest BCUT2D eigenvalue weighted by molar-refractivity contribution is -0.145. The Labute approximate surface area is 114 Å². The van der Waals surface area contributed by atoms with Gasteiger partial charge in [-0.2, -0.15) is 0 Å². The van der Waals surface area contributed by atoms with Crippen LogP contribution in [0.15, 0.2) is 0 Å². The third-order valence-electron chi connectivity index (χ3n) is 2.27. The molecule has 0 saturated carbocycles. The Morgan fingerprint density at radius 2 is 1.11 bits per heavy atom. The van der Waals surface area contributed by atoms with Crippen LogP contribution in [0.3, 0.4) is 0 Å². The van der Waals surface area contributed by atoms with Crippen LogP contribution in [0.1, 0.15) is 32.1 Å². The van der Waals surface area contributed by atoms with Gasteiger partial charge in [-0.15, -0.1) is 0 Å². The molecule has 0 aliphatic carbocycles. The Bertz CT molecular complexity index is 217. The molecule has 0 unspecified atom stereocenters. The van der Waals surface area contributed by atoms with Crippen LogP contribution in [0.25, 0.3) is 0 Å². The van der Waals surface area contributed by atoms with Gasteiger partial charge in [-0.1, -0.05) is 0 Å². The Hall–Kier alpha value is -1.14. The number of hydrogen-bond donors (Lipinski definition) is 0. The summed E-state index contributed by atoms with van der Waals surface area (Å²) in [4.78, 5) is 22.5. The van der Waals surface area contributed by atoms with Crippen LogP contribution in [0.5, 0.6) is 0 Å². The van der Waals surface area contributed by atoms with E-state index >= 15 is 0 Å². The van der Waals surface area contributed by atoms with Crippen LogP contribution >= 0.6 is 0 Å². The van der Waals surface area contributed by atoms with E-state index < -0.39 is 0 Å². The van der Waals surface area contributed by atoms with Crippen molar-refractivity contribution < 1.29 is 28.5 Å². The average molecular weight is 276 g/mol. The summed E-state index contributed by atoms with van der Waals surface area (Å²) in [5.74, 6) is -0.577. The highest BCUT2D eigenvalue weighted by Crippen LogP contribution is 2.01. The molecule has 0 fully saturated rings. The average Bonchev–Trinajstić information content (AvgIpc) is 2.40. The molecule has 0 radical (unpaired) electrons. The molecule has 0 spiro atoms. The lowest BCUT2D eigenvalue weighted by Crippen LogP contribution is -2.10. The topological polar surface area (TPSA) is 71.1 Å². The summed E-state index contributed by atoms with van der Waals surface area (Å²) in [7, 11) is 3.19. The van der Waals surface area contributed by atoms with Crippen molar-refractivity contribution in [2.75, 3.05) is 40.6 Å². The Morgan fingerprint density at radius 3 is 1.47 bits per heavy atom. The van der Waals surface area contributed by atoms with Gasteiger partial charge in [-0.05, 0) is 6.42 Å². The standard InChI is InChI=1S/C13H24O6/c1-16-8-4-10-18-12(14)6-3-7-13(15)19-11-5-9-17-2/h3-11H2,1-2H3. The number of carbonyl (C=O) groups is 2. The van der Waals surface area contributed by atoms with E-state index in [4.69, 9.17) is 18.9 Å². The lowest BCUT2D eigenvalue weighted by atomic mass is 10.2. The number of ether oxygens (including phenoxy) is 4. The van der Waals surface area contributed by atoms with Gasteiger partial charge in [0.15, 0.2) is 0 Å². The van der Waals surface area contributed by atoms with Crippen molar-refractivity contribution >= 4 is 11.9 Å². The van der Waals surface area contributed by atoms with Gasteiger partial charge in [-0.25, -0.2) is 0 Å². The molecule has 0 aliphatic rings. The van der Waals surface area contributed by atoms with Crippen LogP contribution < -0.4 is 0 Å². The monoisotopic (exact) mass is 276 g/mol. The summed E-state index contributed by atoms with van der Waals surface area (Å²) in [6.45, 7) is 1.85. The van der Waals surface area contributed by atoms with Crippen molar-refractivity contribution in [3.8, 4) is 0 Å². The molecule has 0 N–H and O–H groups in total. The summed E-state index contributed by atoms with van der Waals surface area (Å²) in [6, 6.07) is 0. The Balaban J connectivity index is 3.35. The second kappa shape index (κ2) is 13.3. The first-order valence-corrected chi connectivity index (χ1v) is 6.49. The predicted octanol–water partition coefficient (Wildman–Crippen LogP) is 1.32. The smallest absolute Gasteiger partial charge is 0.305 e. The molecule has 0 bridgehead atoms. The molecule has 0 saturated heterocycles. The molecule has 0 aromatic rings. The van der Waals surface area contributed by atoms with E-state index in [9.17, 15) is 9.59 Å². The van der Waals surface area contributed by atoms with E-state index in [2.05, 4.69) is 0 Å². The fourth-order valence-electron chi connectivity index (χ4n) is 1.30. The highest BCUT2D eigenvalue weighted by Gasteiger charge is 2.07. The molecule has 0 aromatic carbocycles. The van der Waals surface area contributed by atoms with Gasteiger partial charge < -0.3 is 18.9 Å². The summed E-state index contributed by atoms with van der Waals surface area (Å²) >= 11 is 0. The van der Waals surface area contributed by atoms with E-state index in [1.807, 2.05) is 0 Å². The highest BCUT2D eigenvalue weighted by atomic mass is 16.5. The molecular weight excluding hydrogens is 252 g/mol. The number of rotatable bonds is 12. The van der Waals surface area contributed by atoms with Gasteiger partial charge in [0.25, 0.3) is 0 Å². The van der Waals surface area contributed by atoms with Crippen LogP contribution in [0.2, 0.25) is 0 Å². The third kappa shape index (κ3) is 13.1. The largest absolute Gasteiger partial charge is 0.466 e. The van der Waals surface area contributed by atoms with Crippen molar-refractivity contribution in [1.82, 2.24) is 0 Å². The first kappa shape index (κ1) is 17.9. The van der Waals surface area contributed by atoms with E-state index in [0.29, 0.717) is 45.7 Å². The normalized spacial score (nSPS) is 10.2. The maximum absolute atomic E-state index is 11.3. The summed E-state index contributed by atoms with van der Waals surface area (Å²) in [6.07, 6.45) is 2.29. The van der Waals surface area contributed by atoms with Crippen molar-refractivity contribution in [3.05, 3.63) is 0 Å². The lowest BCUT2D eigenvalue weighted by Gasteiger charge is -2.05. The van der Waals surface area contributed by atoms with Gasteiger partial charge in [0.2, 0.25) is 0 Å². The molecule has 6 heteroatoms. The third-order valence-corrected chi connectivity index (χ3v) is 2.27. The zero-order valence-corrected chi connectivity index (χ0v) is 11.8. The molecule has 19 heavy (non-hydrogen) atoms. The molecule has 0 atom stereocenters. The van der Waals surface area contributed by atoms with Crippen molar-refractivity contribution in [2.24, 2.45) is 0 Å². The quantitative estimate of drug-likeness (QED) is 0.395. The molecule has 0 aromatic heterocycles. The number of esters is 2. The zero-order valence-electron chi connectivity index (χ0n) is 11.8. The Morgan fingerprint density at radius 1 is 0.684 bits per heavy atom. The number of carbonyl (C=O) groups excluding carboxylic acids is 2. The minimum Gasteiger partial charge on any atom is -0.466 e. The molecular formula is C13H24O6. The number of hydrogen-bond acceptors (Lipinski definition) is 6. The van der Waals surface area contributed by atoms with Crippen LogP contribution in [-0.2, 0) is 28.5 Å².